The van der Waals surface area contributed by atoms with Gasteiger partial charge in [0.15, 0.2) is 0 Å². The van der Waals surface area contributed by atoms with Gasteiger partial charge in [0, 0.05) is 30.7 Å². The molecule has 0 bridgehead atoms. The van der Waals surface area contributed by atoms with Gasteiger partial charge in [-0.2, -0.15) is 0 Å². The Bertz CT molecular complexity index is 2050. The molecule has 186 valence electrons. The first-order chi connectivity index (χ1) is 17.7. The molecule has 0 spiro atoms. The molecule has 0 amide bonds. The molecular weight excluding hydrogens is 490 g/mol. The maximum Gasteiger partial charge on any atom is 0.328 e. The summed E-state index contributed by atoms with van der Waals surface area (Å²) in [4.78, 5) is 17.6. The summed E-state index contributed by atoms with van der Waals surface area (Å²) in [6.07, 6.45) is 0. The van der Waals surface area contributed by atoms with Crippen LogP contribution in [-0.4, -0.2) is 39.3 Å². The lowest BCUT2D eigenvalue weighted by molar-refractivity contribution is 0.481. The number of aromatic hydroxyl groups is 1. The van der Waals surface area contributed by atoms with Gasteiger partial charge in [-0.3, -0.25) is 13.7 Å². The summed E-state index contributed by atoms with van der Waals surface area (Å²) in [6.45, 7) is 0. The van der Waals surface area contributed by atoms with Crippen LogP contribution in [0.4, 0.5) is 0 Å². The molecule has 0 saturated carbocycles. The number of sulfonamides is 1. The van der Waals surface area contributed by atoms with Crippen molar-refractivity contribution in [3.8, 4) is 22.8 Å². The molecule has 6 aromatic rings. The Morgan fingerprint density at radius 3 is 2.32 bits per heavy atom. The standard InChI is InChI=1S/C27H23N5O4S/c1-28-37(35,36)17-9-11-21-23(15-17)32(16-8-12-22-24(14-16)31(3)27(34)30(22)2)26(29-21)20-10-13-25(33)19-7-5-4-6-18(19)20/h4-15,28,33H,1-3H3. The first-order valence-electron chi connectivity index (χ1n) is 11.5. The maximum absolute atomic E-state index is 12.6. The van der Waals surface area contributed by atoms with Crippen LogP contribution in [-0.2, 0) is 24.1 Å². The van der Waals surface area contributed by atoms with Crippen LogP contribution < -0.4 is 10.4 Å². The Kier molecular flexibility index (Phi) is 5.01. The minimum Gasteiger partial charge on any atom is -0.507 e. The average Bonchev–Trinajstić information content (AvgIpc) is 3.39. The van der Waals surface area contributed by atoms with Crippen LogP contribution in [0.3, 0.4) is 0 Å². The van der Waals surface area contributed by atoms with Crippen LogP contribution in [0.15, 0.2) is 82.5 Å². The predicted molar refractivity (Wildman–Crippen MR) is 144 cm³/mol. The van der Waals surface area contributed by atoms with Crippen molar-refractivity contribution >= 4 is 42.9 Å². The third-order valence-electron chi connectivity index (χ3n) is 6.86. The molecule has 0 radical (unpaired) electrons. The van der Waals surface area contributed by atoms with E-state index in [2.05, 4.69) is 4.72 Å². The topological polar surface area (TPSA) is 111 Å². The molecule has 2 aromatic heterocycles. The van der Waals surface area contributed by atoms with E-state index in [0.29, 0.717) is 27.9 Å². The summed E-state index contributed by atoms with van der Waals surface area (Å²) in [7, 11) is 1.11. The normalized spacial score (nSPS) is 12.2. The quantitative estimate of drug-likeness (QED) is 0.374. The van der Waals surface area contributed by atoms with Gasteiger partial charge in [-0.1, -0.05) is 24.3 Å². The number of imidazole rings is 2. The summed E-state index contributed by atoms with van der Waals surface area (Å²) in [6, 6.07) is 21.4. The summed E-state index contributed by atoms with van der Waals surface area (Å²) in [5.41, 5.74) is 4.03. The SMILES string of the molecule is CNS(=O)(=O)c1ccc2nc(-c3ccc(O)c4ccccc34)n(-c3ccc4c(c3)n(C)c(=O)n4C)c2c1. The molecule has 0 fully saturated rings. The Labute approximate surface area is 211 Å². The highest BCUT2D eigenvalue weighted by atomic mass is 32.2. The smallest absolute Gasteiger partial charge is 0.328 e. The Morgan fingerprint density at radius 1 is 0.838 bits per heavy atom. The van der Waals surface area contributed by atoms with Gasteiger partial charge >= 0.3 is 5.69 Å². The number of phenolic OH excluding ortho intramolecular Hbond substituents is 1. The maximum atomic E-state index is 12.6. The molecule has 37 heavy (non-hydrogen) atoms. The van der Waals surface area contributed by atoms with E-state index in [1.165, 1.54) is 13.1 Å². The van der Waals surface area contributed by atoms with E-state index >= 15 is 0 Å². The third-order valence-corrected chi connectivity index (χ3v) is 8.27. The highest BCUT2D eigenvalue weighted by molar-refractivity contribution is 7.89. The molecule has 0 aliphatic carbocycles. The second kappa shape index (κ2) is 8.05. The van der Waals surface area contributed by atoms with Crippen molar-refractivity contribution in [3.05, 3.63) is 83.3 Å². The lowest BCUT2D eigenvalue weighted by atomic mass is 10.0. The van der Waals surface area contributed by atoms with Crippen molar-refractivity contribution in [3.63, 3.8) is 0 Å². The first-order valence-corrected chi connectivity index (χ1v) is 13.0. The van der Waals surface area contributed by atoms with Crippen LogP contribution in [0, 0.1) is 0 Å². The molecule has 0 unspecified atom stereocenters. The van der Waals surface area contributed by atoms with E-state index in [1.54, 1.807) is 47.5 Å². The highest BCUT2D eigenvalue weighted by Crippen LogP contribution is 2.37. The number of fused-ring (bicyclic) bond motifs is 3. The van der Waals surface area contributed by atoms with Crippen LogP contribution in [0.1, 0.15) is 0 Å². The fourth-order valence-corrected chi connectivity index (χ4v) is 5.64. The van der Waals surface area contributed by atoms with Crippen LogP contribution in [0.25, 0.3) is 49.9 Å². The largest absolute Gasteiger partial charge is 0.507 e. The summed E-state index contributed by atoms with van der Waals surface area (Å²) in [5.74, 6) is 0.732. The number of hydrogen-bond acceptors (Lipinski definition) is 5. The van der Waals surface area contributed by atoms with Crippen molar-refractivity contribution in [1.29, 1.82) is 0 Å². The number of aryl methyl sites for hydroxylation is 2. The number of phenols is 1. The Morgan fingerprint density at radius 2 is 1.57 bits per heavy atom. The number of rotatable bonds is 4. The molecule has 0 aliphatic heterocycles. The zero-order valence-electron chi connectivity index (χ0n) is 20.3. The van der Waals surface area contributed by atoms with E-state index in [0.717, 1.165) is 22.0 Å². The Balaban J connectivity index is 1.74. The number of hydrogen-bond donors (Lipinski definition) is 2. The molecule has 10 heteroatoms. The van der Waals surface area contributed by atoms with Gasteiger partial charge in [0.2, 0.25) is 10.0 Å². The fraction of sp³-hybridized carbons (Fsp3) is 0.111. The van der Waals surface area contributed by atoms with Crippen LogP contribution in [0.2, 0.25) is 0 Å². The van der Waals surface area contributed by atoms with Gasteiger partial charge in [0.25, 0.3) is 0 Å². The number of nitrogens with one attached hydrogen (secondary N) is 1. The van der Waals surface area contributed by atoms with Crippen LogP contribution >= 0.6 is 0 Å². The van der Waals surface area contributed by atoms with E-state index in [9.17, 15) is 18.3 Å². The highest BCUT2D eigenvalue weighted by Gasteiger charge is 2.21. The monoisotopic (exact) mass is 513 g/mol. The third kappa shape index (κ3) is 3.37. The summed E-state index contributed by atoms with van der Waals surface area (Å²) in [5, 5.41) is 11.9. The van der Waals surface area contributed by atoms with Crippen molar-refractivity contribution in [1.82, 2.24) is 23.4 Å². The Hall–Kier alpha value is -4.41. The van der Waals surface area contributed by atoms with E-state index in [4.69, 9.17) is 4.98 Å². The average molecular weight is 514 g/mol. The van der Waals surface area contributed by atoms with Gasteiger partial charge in [0.05, 0.1) is 27.0 Å². The molecule has 6 rings (SSSR count). The molecule has 9 nitrogen and oxygen atoms in total. The minimum absolute atomic E-state index is 0.110. The molecule has 2 heterocycles. The van der Waals surface area contributed by atoms with Gasteiger partial charge < -0.3 is 5.11 Å². The van der Waals surface area contributed by atoms with Gasteiger partial charge in [-0.05, 0) is 61.0 Å². The minimum atomic E-state index is -3.70. The summed E-state index contributed by atoms with van der Waals surface area (Å²) >= 11 is 0. The molecular formula is C27H23N5O4S. The predicted octanol–water partition coefficient (Wildman–Crippen LogP) is 3.65. The zero-order chi connectivity index (χ0) is 26.1. The summed E-state index contributed by atoms with van der Waals surface area (Å²) < 4.78 is 32.7. The van der Waals surface area contributed by atoms with E-state index < -0.39 is 10.0 Å². The molecule has 0 aliphatic rings. The molecule has 0 saturated heterocycles. The van der Waals surface area contributed by atoms with Crippen molar-refractivity contribution in [2.75, 3.05) is 7.05 Å². The van der Waals surface area contributed by atoms with Gasteiger partial charge in [-0.25, -0.2) is 22.9 Å². The molecule has 0 atom stereocenters. The molecule has 2 N–H and O–H groups in total. The number of nitrogens with zero attached hydrogens (tertiary/aromatic N) is 4. The van der Waals surface area contributed by atoms with Crippen molar-refractivity contribution in [2.45, 2.75) is 4.90 Å². The van der Waals surface area contributed by atoms with Gasteiger partial charge in [0.1, 0.15) is 11.6 Å². The van der Waals surface area contributed by atoms with Crippen LogP contribution in [0.5, 0.6) is 5.75 Å². The van der Waals surface area contributed by atoms with Crippen molar-refractivity contribution < 1.29 is 13.5 Å². The second-order valence-electron chi connectivity index (χ2n) is 8.88. The molecule has 4 aromatic carbocycles. The zero-order valence-corrected chi connectivity index (χ0v) is 21.1. The number of benzene rings is 4. The van der Waals surface area contributed by atoms with E-state index in [1.807, 2.05) is 47.0 Å². The lowest BCUT2D eigenvalue weighted by Crippen LogP contribution is -2.19. The van der Waals surface area contributed by atoms with E-state index in [-0.39, 0.29) is 16.3 Å². The van der Waals surface area contributed by atoms with Crippen molar-refractivity contribution in [2.24, 2.45) is 14.1 Å². The fourth-order valence-electron chi connectivity index (χ4n) is 4.89. The second-order valence-corrected chi connectivity index (χ2v) is 10.8. The lowest BCUT2D eigenvalue weighted by Gasteiger charge is -2.13. The van der Waals surface area contributed by atoms with Gasteiger partial charge in [-0.15, -0.1) is 0 Å². The number of aromatic nitrogens is 4. The first kappa shape index (κ1) is 23.0.